The van der Waals surface area contributed by atoms with Gasteiger partial charge in [-0.1, -0.05) is 9.24 Å². The highest BCUT2D eigenvalue weighted by atomic mass is 32.2. The van der Waals surface area contributed by atoms with Crippen molar-refractivity contribution in [3.63, 3.8) is 0 Å². The molecule has 0 aromatic heterocycles. The van der Waals surface area contributed by atoms with E-state index in [1.54, 1.807) is 11.8 Å². The highest BCUT2D eigenvalue weighted by Gasteiger charge is 2.28. The SMILES string of the molecule is CSC(C)(C)CNC(=O)CCN1C(=O)C=C(P)C1=O. The largest absolute Gasteiger partial charge is 0.355 e. The van der Waals surface area contributed by atoms with Gasteiger partial charge >= 0.3 is 0 Å². The van der Waals surface area contributed by atoms with E-state index in [1.807, 2.05) is 20.1 Å². The van der Waals surface area contributed by atoms with Gasteiger partial charge in [0, 0.05) is 35.6 Å². The fourth-order valence-corrected chi connectivity index (χ4v) is 1.94. The van der Waals surface area contributed by atoms with E-state index in [4.69, 9.17) is 0 Å². The van der Waals surface area contributed by atoms with E-state index in [1.165, 1.54) is 6.08 Å². The fourth-order valence-electron chi connectivity index (χ4n) is 1.43. The highest BCUT2D eigenvalue weighted by molar-refractivity contribution is 7.99. The summed E-state index contributed by atoms with van der Waals surface area (Å²) in [7, 11) is 2.22. The summed E-state index contributed by atoms with van der Waals surface area (Å²) >= 11 is 1.67. The molecule has 0 saturated heterocycles. The summed E-state index contributed by atoms with van der Waals surface area (Å²) in [5.41, 5.74) is 0. The van der Waals surface area contributed by atoms with Gasteiger partial charge in [0.1, 0.15) is 0 Å². The zero-order chi connectivity index (χ0) is 14.6. The lowest BCUT2D eigenvalue weighted by atomic mass is 10.2. The first-order chi connectivity index (χ1) is 8.76. The minimum atomic E-state index is -0.354. The van der Waals surface area contributed by atoms with E-state index in [0.29, 0.717) is 11.9 Å². The molecule has 19 heavy (non-hydrogen) atoms. The van der Waals surface area contributed by atoms with Crippen LogP contribution in [0.1, 0.15) is 20.3 Å². The minimum Gasteiger partial charge on any atom is -0.355 e. The number of imide groups is 1. The number of rotatable bonds is 6. The van der Waals surface area contributed by atoms with Crippen LogP contribution in [0.5, 0.6) is 0 Å². The van der Waals surface area contributed by atoms with Gasteiger partial charge in [-0.15, -0.1) is 0 Å². The Kier molecular flexibility index (Phi) is 5.56. The van der Waals surface area contributed by atoms with Crippen molar-refractivity contribution in [1.82, 2.24) is 10.2 Å². The first kappa shape index (κ1) is 16.2. The topological polar surface area (TPSA) is 66.5 Å². The van der Waals surface area contributed by atoms with Crippen molar-refractivity contribution in [3.8, 4) is 0 Å². The standard InChI is InChI=1S/C12H19N2O3PS/c1-12(2,19-3)7-13-9(15)4-5-14-10(16)6-8(18)11(14)17/h6H,4-5,7,18H2,1-3H3,(H,13,15). The highest BCUT2D eigenvalue weighted by Crippen LogP contribution is 2.20. The molecule has 0 aromatic rings. The van der Waals surface area contributed by atoms with Crippen LogP contribution in [0.2, 0.25) is 0 Å². The summed E-state index contributed by atoms with van der Waals surface area (Å²) in [6, 6.07) is 0. The van der Waals surface area contributed by atoms with Crippen LogP contribution in [0.25, 0.3) is 0 Å². The Bertz CT molecular complexity index is 435. The quantitative estimate of drug-likeness (QED) is 0.581. The van der Waals surface area contributed by atoms with Crippen LogP contribution >= 0.6 is 21.0 Å². The Morgan fingerprint density at radius 2 is 2.11 bits per heavy atom. The van der Waals surface area contributed by atoms with Crippen molar-refractivity contribution in [3.05, 3.63) is 11.4 Å². The van der Waals surface area contributed by atoms with E-state index >= 15 is 0 Å². The van der Waals surface area contributed by atoms with Crippen molar-refractivity contribution < 1.29 is 14.4 Å². The van der Waals surface area contributed by atoms with Crippen molar-refractivity contribution in [2.45, 2.75) is 25.0 Å². The molecule has 1 N–H and O–H groups in total. The van der Waals surface area contributed by atoms with Gasteiger partial charge in [-0.2, -0.15) is 11.8 Å². The molecule has 7 heteroatoms. The maximum atomic E-state index is 11.7. The molecule has 1 rings (SSSR count). The second-order valence-corrected chi connectivity index (χ2v) is 7.02. The van der Waals surface area contributed by atoms with Gasteiger partial charge in [0.05, 0.1) is 0 Å². The summed E-state index contributed by atoms with van der Waals surface area (Å²) in [5, 5.41) is 3.15. The summed E-state index contributed by atoms with van der Waals surface area (Å²) < 4.78 is -0.0241. The van der Waals surface area contributed by atoms with E-state index in [0.717, 1.165) is 4.90 Å². The van der Waals surface area contributed by atoms with Crippen LogP contribution in [-0.2, 0) is 14.4 Å². The van der Waals surface area contributed by atoms with Gasteiger partial charge in [-0.25, -0.2) is 0 Å². The number of thioether (sulfide) groups is 1. The van der Waals surface area contributed by atoms with E-state index in [9.17, 15) is 14.4 Å². The van der Waals surface area contributed by atoms with Crippen LogP contribution in [0.4, 0.5) is 0 Å². The second kappa shape index (κ2) is 6.53. The molecule has 3 amide bonds. The van der Waals surface area contributed by atoms with Gasteiger partial charge in [0.2, 0.25) is 5.91 Å². The number of nitrogens with one attached hydrogen (secondary N) is 1. The van der Waals surface area contributed by atoms with Crippen molar-refractivity contribution in [2.75, 3.05) is 19.3 Å². The third-order valence-electron chi connectivity index (χ3n) is 2.86. The zero-order valence-electron chi connectivity index (χ0n) is 11.4. The molecule has 0 saturated carbocycles. The molecule has 1 aliphatic rings. The van der Waals surface area contributed by atoms with Crippen molar-refractivity contribution in [2.24, 2.45) is 0 Å². The summed E-state index contributed by atoms with van der Waals surface area (Å²) in [6.07, 6.45) is 3.38. The molecule has 1 unspecified atom stereocenters. The van der Waals surface area contributed by atoms with Gasteiger partial charge < -0.3 is 5.32 Å². The Labute approximate surface area is 119 Å². The van der Waals surface area contributed by atoms with Crippen LogP contribution < -0.4 is 5.32 Å². The molecule has 106 valence electrons. The Hall–Kier alpha value is -0.870. The molecule has 5 nitrogen and oxygen atoms in total. The lowest BCUT2D eigenvalue weighted by molar-refractivity contribution is -0.137. The molecule has 0 bridgehead atoms. The van der Waals surface area contributed by atoms with Crippen molar-refractivity contribution >= 4 is 38.7 Å². The molecule has 0 aliphatic carbocycles. The van der Waals surface area contributed by atoms with Crippen LogP contribution in [-0.4, -0.2) is 46.7 Å². The zero-order valence-corrected chi connectivity index (χ0v) is 13.3. The number of amides is 3. The summed E-state index contributed by atoms with van der Waals surface area (Å²) in [5.74, 6) is -0.848. The van der Waals surface area contributed by atoms with Crippen LogP contribution in [0.15, 0.2) is 11.4 Å². The number of nitrogens with zero attached hydrogens (tertiary/aromatic N) is 1. The average molecular weight is 302 g/mol. The smallest absolute Gasteiger partial charge is 0.260 e. The molecule has 0 radical (unpaired) electrons. The number of carbonyl (C=O) groups excluding carboxylic acids is 3. The number of hydrogen-bond acceptors (Lipinski definition) is 4. The number of hydrogen-bond donors (Lipinski definition) is 1. The number of carbonyl (C=O) groups is 3. The third kappa shape index (κ3) is 4.62. The molecular weight excluding hydrogens is 283 g/mol. The minimum absolute atomic E-state index is 0.0241. The summed E-state index contributed by atoms with van der Waals surface area (Å²) in [6.45, 7) is 4.76. The summed E-state index contributed by atoms with van der Waals surface area (Å²) in [4.78, 5) is 35.8. The lowest BCUT2D eigenvalue weighted by Gasteiger charge is -2.22. The Morgan fingerprint density at radius 1 is 1.47 bits per heavy atom. The normalized spacial score (nSPS) is 15.8. The Morgan fingerprint density at radius 3 is 2.58 bits per heavy atom. The first-order valence-electron chi connectivity index (χ1n) is 5.91. The van der Waals surface area contributed by atoms with Crippen LogP contribution in [0, 0.1) is 0 Å². The lowest BCUT2D eigenvalue weighted by Crippen LogP contribution is -2.39. The average Bonchev–Trinajstić information content (AvgIpc) is 2.59. The van der Waals surface area contributed by atoms with E-state index < -0.39 is 0 Å². The molecule has 1 heterocycles. The predicted molar refractivity (Wildman–Crippen MR) is 79.7 cm³/mol. The van der Waals surface area contributed by atoms with E-state index in [-0.39, 0.29) is 35.4 Å². The first-order valence-corrected chi connectivity index (χ1v) is 7.72. The Balaban J connectivity index is 2.36. The fraction of sp³-hybridized carbons (Fsp3) is 0.583. The maximum Gasteiger partial charge on any atom is 0.260 e. The maximum absolute atomic E-state index is 11.7. The molecule has 1 aliphatic heterocycles. The predicted octanol–water partition coefficient (Wildman–Crippen LogP) is 0.762. The van der Waals surface area contributed by atoms with Gasteiger partial charge in [0.15, 0.2) is 0 Å². The molecular formula is C12H19N2O3PS. The molecule has 0 fully saturated rings. The van der Waals surface area contributed by atoms with Gasteiger partial charge in [-0.3, -0.25) is 19.3 Å². The molecule has 0 spiro atoms. The van der Waals surface area contributed by atoms with Crippen molar-refractivity contribution in [1.29, 1.82) is 0 Å². The van der Waals surface area contributed by atoms with E-state index in [2.05, 4.69) is 14.6 Å². The molecule has 0 aromatic carbocycles. The van der Waals surface area contributed by atoms with Crippen LogP contribution in [0.3, 0.4) is 0 Å². The third-order valence-corrected chi connectivity index (χ3v) is 4.53. The molecule has 1 atom stereocenters. The van der Waals surface area contributed by atoms with Gasteiger partial charge in [-0.05, 0) is 20.1 Å². The monoisotopic (exact) mass is 302 g/mol. The second-order valence-electron chi connectivity index (χ2n) is 4.89. The van der Waals surface area contributed by atoms with Gasteiger partial charge in [0.25, 0.3) is 11.8 Å².